The van der Waals surface area contributed by atoms with E-state index in [-0.39, 0.29) is 17.2 Å². The molecule has 0 aliphatic heterocycles. The zero-order valence-electron chi connectivity index (χ0n) is 12.0. The number of carbonyl (C=O) groups is 1. The van der Waals surface area contributed by atoms with Gasteiger partial charge in [-0.25, -0.2) is 4.68 Å². The van der Waals surface area contributed by atoms with Crippen molar-refractivity contribution in [2.75, 3.05) is 0 Å². The van der Waals surface area contributed by atoms with Gasteiger partial charge in [0, 0.05) is 31.5 Å². The average molecular weight is 286 g/mol. The molecule has 21 heavy (non-hydrogen) atoms. The van der Waals surface area contributed by atoms with Crippen molar-refractivity contribution in [3.63, 3.8) is 0 Å². The monoisotopic (exact) mass is 286 g/mol. The molecule has 0 spiro atoms. The lowest BCUT2D eigenvalue weighted by atomic mass is 10.2. The second-order valence-electron chi connectivity index (χ2n) is 4.67. The van der Waals surface area contributed by atoms with Crippen LogP contribution >= 0.6 is 0 Å². The van der Waals surface area contributed by atoms with Gasteiger partial charge in [0.2, 0.25) is 0 Å². The molecule has 6 heteroatoms. The van der Waals surface area contributed by atoms with Gasteiger partial charge < -0.3 is 5.32 Å². The van der Waals surface area contributed by atoms with Crippen LogP contribution in [0.5, 0.6) is 0 Å². The molecule has 1 N–H and O–H groups in total. The van der Waals surface area contributed by atoms with E-state index in [1.165, 1.54) is 16.8 Å². The Morgan fingerprint density at radius 1 is 1.24 bits per heavy atom. The lowest BCUT2D eigenvalue weighted by molar-refractivity contribution is 0.0943. The maximum atomic E-state index is 12.1. The number of carbonyl (C=O) groups excluding carboxylic acids is 1. The Labute approximate surface area is 122 Å². The first kappa shape index (κ1) is 14.9. The van der Waals surface area contributed by atoms with Crippen LogP contribution in [0.3, 0.4) is 0 Å². The summed E-state index contributed by atoms with van der Waals surface area (Å²) in [5.41, 5.74) is 1.02. The number of nitrogens with one attached hydrogen (secondary N) is 1. The highest BCUT2D eigenvalue weighted by molar-refractivity contribution is 5.91. The molecule has 0 aliphatic carbocycles. The molecule has 110 valence electrons. The summed E-state index contributed by atoms with van der Waals surface area (Å²) in [5.74, 6) is -0.294. The number of aromatic nitrogens is 3. The molecule has 0 atom stereocenters. The second-order valence-corrected chi connectivity index (χ2v) is 4.67. The van der Waals surface area contributed by atoms with Crippen LogP contribution < -0.4 is 10.9 Å². The van der Waals surface area contributed by atoms with Crippen LogP contribution in [-0.4, -0.2) is 20.7 Å². The molecule has 2 aromatic rings. The summed E-state index contributed by atoms with van der Waals surface area (Å²) in [6, 6.07) is 6.49. The van der Waals surface area contributed by atoms with Gasteiger partial charge in [0.05, 0.1) is 0 Å². The predicted molar refractivity (Wildman–Crippen MR) is 78.8 cm³/mol. The van der Waals surface area contributed by atoms with E-state index in [1.54, 1.807) is 12.4 Å². The van der Waals surface area contributed by atoms with Gasteiger partial charge in [0.15, 0.2) is 0 Å². The maximum Gasteiger partial charge on any atom is 0.271 e. The minimum absolute atomic E-state index is 0.186. The van der Waals surface area contributed by atoms with E-state index in [4.69, 9.17) is 0 Å². The molecule has 2 aromatic heterocycles. The van der Waals surface area contributed by atoms with Crippen molar-refractivity contribution < 1.29 is 4.79 Å². The minimum Gasteiger partial charge on any atom is -0.347 e. The Morgan fingerprint density at radius 3 is 2.71 bits per heavy atom. The van der Waals surface area contributed by atoms with Gasteiger partial charge in [-0.1, -0.05) is 13.3 Å². The lowest BCUT2D eigenvalue weighted by Crippen LogP contribution is -2.29. The molecular weight excluding hydrogens is 268 g/mol. The summed E-state index contributed by atoms with van der Waals surface area (Å²) >= 11 is 0. The molecule has 1 amide bonds. The Kier molecular flexibility index (Phi) is 5.20. The molecule has 0 saturated heterocycles. The van der Waals surface area contributed by atoms with Crippen molar-refractivity contribution >= 4 is 5.91 Å². The molecule has 0 aliphatic rings. The molecule has 0 aromatic carbocycles. The molecule has 0 saturated carbocycles. The van der Waals surface area contributed by atoms with Crippen LogP contribution in [0.25, 0.3) is 0 Å². The van der Waals surface area contributed by atoms with Crippen molar-refractivity contribution in [3.8, 4) is 0 Å². The van der Waals surface area contributed by atoms with Gasteiger partial charge in [-0.2, -0.15) is 5.10 Å². The van der Waals surface area contributed by atoms with Gasteiger partial charge in [-0.3, -0.25) is 14.6 Å². The summed E-state index contributed by atoms with van der Waals surface area (Å²) in [5, 5.41) is 6.88. The first-order valence-electron chi connectivity index (χ1n) is 6.96. The zero-order valence-corrected chi connectivity index (χ0v) is 12.0. The van der Waals surface area contributed by atoms with Crippen LogP contribution in [0.15, 0.2) is 41.5 Å². The van der Waals surface area contributed by atoms with Crippen LogP contribution in [-0.2, 0) is 13.1 Å². The summed E-state index contributed by atoms with van der Waals surface area (Å²) in [4.78, 5) is 27.6. The van der Waals surface area contributed by atoms with E-state index >= 15 is 0 Å². The third-order valence-electron chi connectivity index (χ3n) is 3.03. The normalized spacial score (nSPS) is 10.3. The molecule has 2 rings (SSSR count). The largest absolute Gasteiger partial charge is 0.347 e. The SMILES string of the molecule is CCCCn1nc(C(=O)NCc2ccncc2)ccc1=O. The fourth-order valence-electron chi connectivity index (χ4n) is 1.81. The topological polar surface area (TPSA) is 76.9 Å². The van der Waals surface area contributed by atoms with Gasteiger partial charge in [0.1, 0.15) is 5.69 Å². The van der Waals surface area contributed by atoms with Crippen molar-refractivity contribution in [1.82, 2.24) is 20.1 Å². The number of pyridine rings is 1. The summed E-state index contributed by atoms with van der Waals surface area (Å²) in [6.45, 7) is 2.97. The zero-order chi connectivity index (χ0) is 15.1. The van der Waals surface area contributed by atoms with Gasteiger partial charge in [0.25, 0.3) is 11.5 Å². The average Bonchev–Trinajstić information content (AvgIpc) is 2.53. The number of unbranched alkanes of at least 4 members (excludes halogenated alkanes) is 1. The predicted octanol–water partition coefficient (Wildman–Crippen LogP) is 1.37. The van der Waals surface area contributed by atoms with E-state index in [0.29, 0.717) is 13.1 Å². The lowest BCUT2D eigenvalue weighted by Gasteiger charge is -2.07. The number of amides is 1. The molecule has 0 fully saturated rings. The molecule has 0 unspecified atom stereocenters. The van der Waals surface area contributed by atoms with Crippen LogP contribution in [0.2, 0.25) is 0 Å². The number of aryl methyl sites for hydroxylation is 1. The van der Waals surface area contributed by atoms with Crippen molar-refractivity contribution in [3.05, 3.63) is 58.3 Å². The Bertz CT molecular complexity index is 652. The number of rotatable bonds is 6. The fraction of sp³-hybridized carbons (Fsp3) is 0.333. The number of hydrogen-bond acceptors (Lipinski definition) is 4. The van der Waals surface area contributed by atoms with Crippen molar-refractivity contribution in [2.24, 2.45) is 0 Å². The minimum atomic E-state index is -0.294. The van der Waals surface area contributed by atoms with E-state index in [0.717, 1.165) is 18.4 Å². The summed E-state index contributed by atoms with van der Waals surface area (Å²) < 4.78 is 1.34. The molecule has 0 radical (unpaired) electrons. The Balaban J connectivity index is 2.03. The van der Waals surface area contributed by atoms with Crippen LogP contribution in [0, 0.1) is 0 Å². The summed E-state index contributed by atoms with van der Waals surface area (Å²) in [6.07, 6.45) is 5.16. The third-order valence-corrected chi connectivity index (χ3v) is 3.03. The molecule has 6 nitrogen and oxygen atoms in total. The molecule has 0 bridgehead atoms. The van der Waals surface area contributed by atoms with E-state index in [9.17, 15) is 9.59 Å². The maximum absolute atomic E-state index is 12.1. The molecule has 2 heterocycles. The van der Waals surface area contributed by atoms with Crippen LogP contribution in [0.1, 0.15) is 35.8 Å². The number of nitrogens with zero attached hydrogens (tertiary/aromatic N) is 3. The fourth-order valence-corrected chi connectivity index (χ4v) is 1.81. The van der Waals surface area contributed by atoms with Gasteiger partial charge >= 0.3 is 0 Å². The quantitative estimate of drug-likeness (QED) is 0.870. The van der Waals surface area contributed by atoms with Gasteiger partial charge in [-0.05, 0) is 30.2 Å². The smallest absolute Gasteiger partial charge is 0.271 e. The first-order valence-corrected chi connectivity index (χ1v) is 6.96. The van der Waals surface area contributed by atoms with E-state index in [2.05, 4.69) is 15.4 Å². The Morgan fingerprint density at radius 2 is 2.00 bits per heavy atom. The second kappa shape index (κ2) is 7.33. The number of hydrogen-bond donors (Lipinski definition) is 1. The highest BCUT2D eigenvalue weighted by atomic mass is 16.2. The van der Waals surface area contributed by atoms with E-state index < -0.39 is 0 Å². The van der Waals surface area contributed by atoms with E-state index in [1.807, 2.05) is 19.1 Å². The highest BCUT2D eigenvalue weighted by Gasteiger charge is 2.09. The Hall–Kier alpha value is -2.50. The van der Waals surface area contributed by atoms with Crippen molar-refractivity contribution in [1.29, 1.82) is 0 Å². The first-order chi connectivity index (χ1) is 10.2. The highest BCUT2D eigenvalue weighted by Crippen LogP contribution is 1.98. The van der Waals surface area contributed by atoms with Crippen LogP contribution in [0.4, 0.5) is 0 Å². The van der Waals surface area contributed by atoms with Crippen molar-refractivity contribution in [2.45, 2.75) is 32.9 Å². The third kappa shape index (κ3) is 4.24. The molecular formula is C15H18N4O2. The van der Waals surface area contributed by atoms with Gasteiger partial charge in [-0.15, -0.1) is 0 Å². The standard InChI is InChI=1S/C15H18N4O2/c1-2-3-10-19-14(20)5-4-13(18-19)15(21)17-11-12-6-8-16-9-7-12/h4-9H,2-3,10-11H2,1H3,(H,17,21). The summed E-state index contributed by atoms with van der Waals surface area (Å²) in [7, 11) is 0.